The van der Waals surface area contributed by atoms with Crippen molar-refractivity contribution in [2.45, 2.75) is 19.6 Å². The lowest BCUT2D eigenvalue weighted by Crippen LogP contribution is -2.45. The van der Waals surface area contributed by atoms with Crippen molar-refractivity contribution in [1.29, 1.82) is 0 Å². The Labute approximate surface area is 500 Å². The Bertz CT molecular complexity index is 3780. The number of esters is 2. The summed E-state index contributed by atoms with van der Waals surface area (Å²) in [7, 11) is 0. The van der Waals surface area contributed by atoms with E-state index in [1.54, 1.807) is 182 Å². The number of hydrogen-bond donors (Lipinski definition) is 0. The van der Waals surface area contributed by atoms with Gasteiger partial charge in [-0.15, -0.1) is 0 Å². The minimum absolute atomic E-state index is 0.00933. The lowest BCUT2D eigenvalue weighted by atomic mass is 9.72. The highest BCUT2D eigenvalue weighted by atomic mass is 16.5. The molecule has 5 aliphatic rings. The van der Waals surface area contributed by atoms with Gasteiger partial charge in [0.05, 0.1) is 10.8 Å². The first-order chi connectivity index (χ1) is 42.5. The average molecular weight is 1150 g/mol. The van der Waals surface area contributed by atoms with Gasteiger partial charge in [-0.2, -0.15) is 0 Å². The van der Waals surface area contributed by atoms with Crippen LogP contribution in [0.1, 0.15) is 81.2 Å². The van der Waals surface area contributed by atoms with E-state index in [2.05, 4.69) is 0 Å². The van der Waals surface area contributed by atoms with E-state index in [9.17, 15) is 28.8 Å². The van der Waals surface area contributed by atoms with Crippen LogP contribution in [0.4, 0.5) is 0 Å². The predicted molar refractivity (Wildman–Crippen MR) is 321 cm³/mol. The summed E-state index contributed by atoms with van der Waals surface area (Å²) in [4.78, 5) is 82.0. The molecule has 5 fully saturated rings. The molecule has 0 spiro atoms. The van der Waals surface area contributed by atoms with Gasteiger partial charge in [-0.05, 0) is 163 Å². The quantitative estimate of drug-likeness (QED) is 0.0468. The molecule has 0 heterocycles. The van der Waals surface area contributed by atoms with Crippen LogP contribution in [0.25, 0.3) is 0 Å². The molecular formula is C75H52O12. The number of benzene rings is 10. The van der Waals surface area contributed by atoms with Crippen molar-refractivity contribution in [3.8, 4) is 46.0 Å². The van der Waals surface area contributed by atoms with Gasteiger partial charge in [0, 0.05) is 56.6 Å². The molecule has 5 aliphatic carbocycles. The second kappa shape index (κ2) is 22.2. The zero-order chi connectivity index (χ0) is 59.2. The number of ketones is 4. The normalized spacial score (nSPS) is 19.4. The van der Waals surface area contributed by atoms with Crippen LogP contribution in [0.3, 0.4) is 0 Å². The SMILES string of the molecule is O=C(c1ccccc1)c1ccc(Oc2cc(COC(=O)C34C5CC6C(C53)C64C(=O)OCc3cc(Oc4ccc(C(=O)c5ccccc5)cc4)cc(Oc4ccc(C(=O)c5ccccc5)cc4)c3)cc(Oc3ccc(C(=O)c4ccccc4)cc3)c2)cc1. The molecule has 0 saturated heterocycles. The van der Waals surface area contributed by atoms with Crippen LogP contribution in [0.15, 0.2) is 255 Å². The minimum atomic E-state index is -0.994. The Balaban J connectivity index is 0.685. The molecule has 0 amide bonds. The Morgan fingerprint density at radius 2 is 0.517 bits per heavy atom. The van der Waals surface area contributed by atoms with Crippen molar-refractivity contribution >= 4 is 35.1 Å². The summed E-state index contributed by atoms with van der Waals surface area (Å²) >= 11 is 0. The zero-order valence-corrected chi connectivity index (χ0v) is 46.6. The lowest BCUT2D eigenvalue weighted by Gasteiger charge is -2.32. The van der Waals surface area contributed by atoms with Crippen molar-refractivity contribution in [3.05, 3.63) is 310 Å². The first-order valence-corrected chi connectivity index (χ1v) is 28.7. The van der Waals surface area contributed by atoms with Crippen molar-refractivity contribution < 1.29 is 57.2 Å². The monoisotopic (exact) mass is 1140 g/mol. The molecule has 424 valence electrons. The molecule has 12 heteroatoms. The largest absolute Gasteiger partial charge is 0.460 e. The van der Waals surface area contributed by atoms with Crippen LogP contribution < -0.4 is 18.9 Å². The number of ether oxygens (including phenoxy) is 6. The van der Waals surface area contributed by atoms with Gasteiger partial charge in [0.15, 0.2) is 23.1 Å². The van der Waals surface area contributed by atoms with Gasteiger partial charge in [-0.1, -0.05) is 121 Å². The molecule has 5 saturated carbocycles. The summed E-state index contributed by atoms with van der Waals surface area (Å²) in [5.41, 5.74) is 3.36. The fourth-order valence-electron chi connectivity index (χ4n) is 13.4. The van der Waals surface area contributed by atoms with Crippen molar-refractivity contribution in [2.75, 3.05) is 0 Å². The van der Waals surface area contributed by atoms with Crippen LogP contribution in [0.5, 0.6) is 46.0 Å². The summed E-state index contributed by atoms with van der Waals surface area (Å²) in [6.45, 7) is -0.312. The number of carbonyl (C=O) groups excluding carboxylic acids is 6. The third-order valence-electron chi connectivity index (χ3n) is 17.3. The summed E-state index contributed by atoms with van der Waals surface area (Å²) in [6.07, 6.45) is 0.735. The highest BCUT2D eigenvalue weighted by Gasteiger charge is 3.10. The van der Waals surface area contributed by atoms with Crippen LogP contribution in [-0.4, -0.2) is 35.1 Å². The van der Waals surface area contributed by atoms with E-state index in [1.807, 2.05) is 72.8 Å². The van der Waals surface area contributed by atoms with E-state index in [0.29, 0.717) is 102 Å². The van der Waals surface area contributed by atoms with Crippen molar-refractivity contribution in [1.82, 2.24) is 0 Å². The van der Waals surface area contributed by atoms with E-state index >= 15 is 0 Å². The fourth-order valence-corrected chi connectivity index (χ4v) is 13.4. The maximum absolute atomic E-state index is 14.6. The summed E-state index contributed by atoms with van der Waals surface area (Å²) < 4.78 is 37.9. The summed E-state index contributed by atoms with van der Waals surface area (Å²) in [5.74, 6) is 1.98. The number of rotatable bonds is 22. The molecular weight excluding hydrogens is 1090 g/mol. The van der Waals surface area contributed by atoms with Gasteiger partial charge in [-0.3, -0.25) is 28.8 Å². The van der Waals surface area contributed by atoms with Gasteiger partial charge in [0.1, 0.15) is 59.2 Å². The molecule has 0 aliphatic heterocycles. The first-order valence-electron chi connectivity index (χ1n) is 28.7. The minimum Gasteiger partial charge on any atom is -0.460 e. The molecule has 10 aromatic rings. The Kier molecular flexibility index (Phi) is 13.8. The highest BCUT2D eigenvalue weighted by Crippen LogP contribution is 3.05. The van der Waals surface area contributed by atoms with Crippen LogP contribution >= 0.6 is 0 Å². The van der Waals surface area contributed by atoms with Crippen LogP contribution in [0.2, 0.25) is 0 Å². The van der Waals surface area contributed by atoms with E-state index < -0.39 is 22.8 Å². The van der Waals surface area contributed by atoms with Crippen molar-refractivity contribution in [2.24, 2.45) is 34.5 Å². The average Bonchev–Trinajstić information content (AvgIpc) is 1.37. The molecule has 87 heavy (non-hydrogen) atoms. The Morgan fingerprint density at radius 3 is 0.747 bits per heavy atom. The Morgan fingerprint density at radius 1 is 0.287 bits per heavy atom. The topological polar surface area (TPSA) is 158 Å². The lowest BCUT2D eigenvalue weighted by molar-refractivity contribution is -0.174. The Hall–Kier alpha value is -11.0. The van der Waals surface area contributed by atoms with Gasteiger partial charge >= 0.3 is 11.9 Å². The molecule has 15 rings (SSSR count). The first kappa shape index (κ1) is 54.0. The van der Waals surface area contributed by atoms with Crippen LogP contribution in [0, 0.1) is 34.5 Å². The van der Waals surface area contributed by atoms with Crippen LogP contribution in [-0.2, 0) is 32.3 Å². The molecule has 2 bridgehead atoms. The predicted octanol–water partition coefficient (Wildman–Crippen LogP) is 15.4. The summed E-state index contributed by atoms with van der Waals surface area (Å²) in [5, 5.41) is 0. The fraction of sp³-hybridized carbons (Fsp3) is 0.120. The molecule has 6 atom stereocenters. The van der Waals surface area contributed by atoms with E-state index in [1.165, 1.54) is 0 Å². The molecule has 10 aromatic carbocycles. The second-order valence-electron chi connectivity index (χ2n) is 22.3. The number of hydrogen-bond acceptors (Lipinski definition) is 12. The van der Waals surface area contributed by atoms with E-state index in [-0.39, 0.29) is 60.0 Å². The maximum Gasteiger partial charge on any atom is 0.314 e. The standard InChI is InChI=1S/C75H52O12/c76-68(48-13-5-1-6-14-48)52-21-29-56(30-22-52)84-60-37-46(38-61(41-60)85-57-31-23-53(24-32-57)69(77)49-15-7-2-8-16-49)44-82-72(80)74-64-43-65-67(66(64)74)75(65,74)73(81)83-45-47-39-62(86-58-33-25-54(26-34-58)70(78)50-17-9-3-10-18-50)42-63(40-47)87-59-35-27-55(28-36-59)71(79)51-19-11-4-12-20-51/h1-42,64-67H,43-45H2. The molecule has 0 aromatic heterocycles. The van der Waals surface area contributed by atoms with Crippen molar-refractivity contribution in [3.63, 3.8) is 0 Å². The molecule has 0 N–H and O–H groups in total. The van der Waals surface area contributed by atoms with E-state index in [4.69, 9.17) is 28.4 Å². The zero-order valence-electron chi connectivity index (χ0n) is 46.6. The third-order valence-corrected chi connectivity index (χ3v) is 17.3. The molecule has 12 nitrogen and oxygen atoms in total. The molecule has 0 radical (unpaired) electrons. The highest BCUT2D eigenvalue weighted by molar-refractivity contribution is 6.11. The smallest absolute Gasteiger partial charge is 0.314 e. The second-order valence-corrected chi connectivity index (χ2v) is 22.3. The maximum atomic E-state index is 14.6. The van der Waals surface area contributed by atoms with Gasteiger partial charge < -0.3 is 28.4 Å². The molecule has 6 unspecified atom stereocenters. The summed E-state index contributed by atoms with van der Waals surface area (Å²) in [6, 6.07) is 73.7. The van der Waals surface area contributed by atoms with Gasteiger partial charge in [-0.25, -0.2) is 0 Å². The van der Waals surface area contributed by atoms with E-state index in [0.717, 1.165) is 6.42 Å². The van der Waals surface area contributed by atoms with Gasteiger partial charge in [0.25, 0.3) is 0 Å². The number of carbonyl (C=O) groups is 6. The van der Waals surface area contributed by atoms with Gasteiger partial charge in [0.2, 0.25) is 0 Å². The third kappa shape index (κ3) is 10.00.